The van der Waals surface area contributed by atoms with Crippen LogP contribution >= 0.6 is 11.3 Å². The van der Waals surface area contributed by atoms with Crippen molar-refractivity contribution in [1.29, 1.82) is 0 Å². The van der Waals surface area contributed by atoms with Crippen molar-refractivity contribution in [2.24, 2.45) is 5.92 Å². The summed E-state index contributed by atoms with van der Waals surface area (Å²) >= 11 is 1.84. The highest BCUT2D eigenvalue weighted by Crippen LogP contribution is 2.38. The molecular formula is C13H14N4S. The van der Waals surface area contributed by atoms with E-state index in [0.29, 0.717) is 0 Å². The van der Waals surface area contributed by atoms with Crippen LogP contribution in [0, 0.1) is 12.8 Å². The molecule has 0 N–H and O–H groups in total. The Hall–Kier alpha value is -1.49. The highest BCUT2D eigenvalue weighted by molar-refractivity contribution is 7.19. The van der Waals surface area contributed by atoms with E-state index in [2.05, 4.69) is 22.0 Å². The summed E-state index contributed by atoms with van der Waals surface area (Å²) in [5.41, 5.74) is 2.45. The minimum absolute atomic E-state index is 0.792. The predicted octanol–water partition coefficient (Wildman–Crippen LogP) is 2.77. The van der Waals surface area contributed by atoms with Crippen LogP contribution in [-0.4, -0.2) is 19.6 Å². The van der Waals surface area contributed by atoms with Crippen molar-refractivity contribution in [2.45, 2.75) is 33.1 Å². The summed E-state index contributed by atoms with van der Waals surface area (Å²) < 4.78 is 1.85. The zero-order chi connectivity index (χ0) is 12.3. The van der Waals surface area contributed by atoms with Crippen LogP contribution in [-0.2, 0) is 12.8 Å². The molecule has 0 amide bonds. The third-order valence-electron chi connectivity index (χ3n) is 3.83. The summed E-state index contributed by atoms with van der Waals surface area (Å²) in [6.45, 7) is 4.32. The molecule has 0 fully saturated rings. The van der Waals surface area contributed by atoms with Gasteiger partial charge in [-0.2, -0.15) is 9.61 Å². The van der Waals surface area contributed by atoms with E-state index >= 15 is 0 Å². The molecule has 0 spiro atoms. The Bertz CT molecular complexity index is 755. The molecule has 1 aliphatic rings. The van der Waals surface area contributed by atoms with E-state index in [4.69, 9.17) is 0 Å². The molecule has 0 aliphatic heterocycles. The first-order chi connectivity index (χ1) is 8.74. The molecule has 1 atom stereocenters. The second-order valence-corrected chi connectivity index (χ2v) is 6.27. The third kappa shape index (κ3) is 1.28. The average Bonchev–Trinajstić information content (AvgIpc) is 2.91. The molecule has 0 bridgehead atoms. The Morgan fingerprint density at radius 3 is 3.22 bits per heavy atom. The summed E-state index contributed by atoms with van der Waals surface area (Å²) in [5.74, 6) is 1.71. The number of fused-ring (bicyclic) bond motifs is 5. The summed E-state index contributed by atoms with van der Waals surface area (Å²) in [5, 5.41) is 5.50. The lowest BCUT2D eigenvalue weighted by Gasteiger charge is -2.17. The number of rotatable bonds is 0. The molecule has 0 saturated heterocycles. The number of thiophene rings is 1. The smallest absolute Gasteiger partial charge is 0.167 e. The minimum atomic E-state index is 0.792. The van der Waals surface area contributed by atoms with Gasteiger partial charge in [-0.25, -0.2) is 9.97 Å². The van der Waals surface area contributed by atoms with Crippen LogP contribution in [0.3, 0.4) is 0 Å². The molecule has 1 aliphatic carbocycles. The van der Waals surface area contributed by atoms with Gasteiger partial charge in [-0.05, 0) is 37.7 Å². The van der Waals surface area contributed by atoms with E-state index < -0.39 is 0 Å². The van der Waals surface area contributed by atoms with E-state index in [1.807, 2.05) is 22.8 Å². The van der Waals surface area contributed by atoms with Gasteiger partial charge in [0.1, 0.15) is 17.0 Å². The Labute approximate surface area is 109 Å². The molecule has 0 radical (unpaired) electrons. The highest BCUT2D eigenvalue weighted by atomic mass is 32.1. The monoisotopic (exact) mass is 258 g/mol. The van der Waals surface area contributed by atoms with E-state index in [9.17, 15) is 0 Å². The minimum Gasteiger partial charge on any atom is -0.222 e. The lowest BCUT2D eigenvalue weighted by atomic mass is 9.89. The van der Waals surface area contributed by atoms with Gasteiger partial charge < -0.3 is 0 Å². The molecule has 18 heavy (non-hydrogen) atoms. The Balaban J connectivity index is 2.14. The van der Waals surface area contributed by atoms with Crippen LogP contribution in [0.15, 0.2) is 6.33 Å². The van der Waals surface area contributed by atoms with Gasteiger partial charge in [-0.1, -0.05) is 6.92 Å². The summed E-state index contributed by atoms with van der Waals surface area (Å²) in [4.78, 5) is 11.7. The van der Waals surface area contributed by atoms with E-state index in [0.717, 1.165) is 28.6 Å². The molecule has 5 heteroatoms. The lowest BCUT2D eigenvalue weighted by molar-refractivity contribution is 0.509. The second-order valence-electron chi connectivity index (χ2n) is 5.19. The number of hydrogen-bond acceptors (Lipinski definition) is 4. The van der Waals surface area contributed by atoms with Gasteiger partial charge in [-0.3, -0.25) is 0 Å². The molecule has 0 aromatic carbocycles. The quantitative estimate of drug-likeness (QED) is 0.622. The van der Waals surface area contributed by atoms with Crippen molar-refractivity contribution in [3.05, 3.63) is 22.6 Å². The van der Waals surface area contributed by atoms with Crippen LogP contribution in [0.4, 0.5) is 0 Å². The summed E-state index contributed by atoms with van der Waals surface area (Å²) in [6.07, 6.45) is 5.24. The van der Waals surface area contributed by atoms with Gasteiger partial charge in [0.15, 0.2) is 5.65 Å². The van der Waals surface area contributed by atoms with Gasteiger partial charge in [0, 0.05) is 4.88 Å². The maximum absolute atomic E-state index is 4.69. The van der Waals surface area contributed by atoms with Gasteiger partial charge in [0.05, 0.1) is 5.39 Å². The Kier molecular flexibility index (Phi) is 2.03. The molecule has 0 saturated carbocycles. The summed E-state index contributed by atoms with van der Waals surface area (Å²) in [7, 11) is 0. The number of nitrogens with zero attached hydrogens (tertiary/aromatic N) is 4. The standard InChI is InChI=1S/C13H14N4S/c1-7-3-4-9-10(5-7)18-13-11(9)12-14-6-15-17(12)8(2)16-13/h6-7H,3-5H2,1-2H3/t7-/m1/s1. The van der Waals surface area contributed by atoms with E-state index in [1.54, 1.807) is 6.33 Å². The molecule has 3 aromatic heterocycles. The maximum Gasteiger partial charge on any atom is 0.167 e. The van der Waals surface area contributed by atoms with Crippen molar-refractivity contribution in [3.63, 3.8) is 0 Å². The van der Waals surface area contributed by atoms with Gasteiger partial charge in [0.25, 0.3) is 0 Å². The summed E-state index contributed by atoms with van der Waals surface area (Å²) in [6, 6.07) is 0. The Morgan fingerprint density at radius 1 is 1.44 bits per heavy atom. The first-order valence-corrected chi connectivity index (χ1v) is 7.16. The molecule has 4 nitrogen and oxygen atoms in total. The largest absolute Gasteiger partial charge is 0.222 e. The van der Waals surface area contributed by atoms with Crippen molar-refractivity contribution >= 4 is 27.2 Å². The SMILES string of the molecule is Cc1nc2sc3c(c2c2ncnn12)CC[C@@H](C)C3. The van der Waals surface area contributed by atoms with E-state index in [-0.39, 0.29) is 0 Å². The number of hydrogen-bond donors (Lipinski definition) is 0. The number of aryl methyl sites for hydroxylation is 2. The van der Waals surface area contributed by atoms with Crippen molar-refractivity contribution < 1.29 is 0 Å². The average molecular weight is 258 g/mol. The molecule has 3 heterocycles. The topological polar surface area (TPSA) is 43.1 Å². The molecule has 0 unspecified atom stereocenters. The van der Waals surface area contributed by atoms with Crippen LogP contribution in [0.5, 0.6) is 0 Å². The lowest BCUT2D eigenvalue weighted by Crippen LogP contribution is -2.08. The maximum atomic E-state index is 4.69. The number of aromatic nitrogens is 4. The molecule has 4 rings (SSSR count). The Morgan fingerprint density at radius 2 is 2.33 bits per heavy atom. The first-order valence-electron chi connectivity index (χ1n) is 6.34. The third-order valence-corrected chi connectivity index (χ3v) is 4.98. The van der Waals surface area contributed by atoms with Crippen LogP contribution < -0.4 is 0 Å². The zero-order valence-corrected chi connectivity index (χ0v) is 11.3. The van der Waals surface area contributed by atoms with Crippen molar-refractivity contribution in [1.82, 2.24) is 19.6 Å². The molecule has 3 aromatic rings. The fraction of sp³-hybridized carbons (Fsp3) is 0.462. The predicted molar refractivity (Wildman–Crippen MR) is 72.1 cm³/mol. The zero-order valence-electron chi connectivity index (χ0n) is 10.5. The fourth-order valence-electron chi connectivity index (χ4n) is 2.89. The molecule has 92 valence electrons. The van der Waals surface area contributed by atoms with Crippen LogP contribution in [0.1, 0.15) is 29.6 Å². The van der Waals surface area contributed by atoms with Gasteiger partial charge in [0.2, 0.25) is 0 Å². The van der Waals surface area contributed by atoms with E-state index in [1.165, 1.54) is 28.7 Å². The van der Waals surface area contributed by atoms with Crippen molar-refractivity contribution in [2.75, 3.05) is 0 Å². The van der Waals surface area contributed by atoms with Gasteiger partial charge in [-0.15, -0.1) is 11.3 Å². The highest BCUT2D eigenvalue weighted by Gasteiger charge is 2.23. The molecular weight excluding hydrogens is 244 g/mol. The fourth-order valence-corrected chi connectivity index (χ4v) is 4.31. The normalized spacial score (nSPS) is 19.6. The first kappa shape index (κ1) is 10.4. The van der Waals surface area contributed by atoms with Crippen LogP contribution in [0.25, 0.3) is 15.9 Å². The van der Waals surface area contributed by atoms with Crippen LogP contribution in [0.2, 0.25) is 0 Å². The van der Waals surface area contributed by atoms with Crippen molar-refractivity contribution in [3.8, 4) is 0 Å². The van der Waals surface area contributed by atoms with Gasteiger partial charge >= 0.3 is 0 Å². The second kappa shape index (κ2) is 3.51.